The molecule has 2 amide bonds. The van der Waals surface area contributed by atoms with Gasteiger partial charge in [0, 0.05) is 6.04 Å². The average Bonchev–Trinajstić information content (AvgIpc) is 2.95. The van der Waals surface area contributed by atoms with Crippen LogP contribution >= 0.6 is 0 Å². The molecule has 1 fully saturated rings. The second kappa shape index (κ2) is 8.33. The SMILES string of the molecule is Cc1nn(-c2ccc(F)cc2)c(C)c1C(=O)NCC(=O)NC1CCCCC1. The number of aromatic nitrogens is 2. The molecule has 1 aliphatic rings. The quantitative estimate of drug-likeness (QED) is 0.847. The second-order valence-electron chi connectivity index (χ2n) is 7.02. The minimum absolute atomic E-state index is 0.0596. The summed E-state index contributed by atoms with van der Waals surface area (Å²) in [5, 5.41) is 10.0. The Balaban J connectivity index is 1.64. The van der Waals surface area contributed by atoms with Gasteiger partial charge in [-0.2, -0.15) is 5.10 Å². The van der Waals surface area contributed by atoms with Crippen LogP contribution in [0.25, 0.3) is 5.69 Å². The zero-order valence-corrected chi connectivity index (χ0v) is 15.7. The third-order valence-electron chi connectivity index (χ3n) is 4.97. The number of aryl methyl sites for hydroxylation is 1. The van der Waals surface area contributed by atoms with Crippen molar-refractivity contribution in [3.8, 4) is 5.69 Å². The Kier molecular flexibility index (Phi) is 5.88. The van der Waals surface area contributed by atoms with Gasteiger partial charge in [-0.25, -0.2) is 9.07 Å². The Morgan fingerprint density at radius 1 is 1.15 bits per heavy atom. The predicted molar refractivity (Wildman–Crippen MR) is 100 cm³/mol. The van der Waals surface area contributed by atoms with Crippen molar-refractivity contribution in [3.05, 3.63) is 47.0 Å². The molecule has 3 rings (SSSR count). The summed E-state index contributed by atoms with van der Waals surface area (Å²) in [5.41, 5.74) is 2.31. The Hall–Kier alpha value is -2.70. The van der Waals surface area contributed by atoms with E-state index in [-0.39, 0.29) is 30.2 Å². The van der Waals surface area contributed by atoms with Crippen LogP contribution in [-0.4, -0.2) is 34.2 Å². The highest BCUT2D eigenvalue weighted by molar-refractivity contribution is 5.98. The number of nitrogens with one attached hydrogen (secondary N) is 2. The summed E-state index contributed by atoms with van der Waals surface area (Å²) in [7, 11) is 0. The molecule has 1 aromatic carbocycles. The fourth-order valence-electron chi connectivity index (χ4n) is 3.58. The lowest BCUT2D eigenvalue weighted by Gasteiger charge is -2.22. The molecule has 0 radical (unpaired) electrons. The van der Waals surface area contributed by atoms with Crippen molar-refractivity contribution < 1.29 is 14.0 Å². The largest absolute Gasteiger partial charge is 0.352 e. The van der Waals surface area contributed by atoms with Crippen molar-refractivity contribution in [1.82, 2.24) is 20.4 Å². The Morgan fingerprint density at radius 2 is 1.81 bits per heavy atom. The topological polar surface area (TPSA) is 76.0 Å². The van der Waals surface area contributed by atoms with Crippen molar-refractivity contribution in [3.63, 3.8) is 0 Å². The molecule has 1 aliphatic carbocycles. The van der Waals surface area contributed by atoms with E-state index in [9.17, 15) is 14.0 Å². The molecule has 0 unspecified atom stereocenters. The molecule has 1 heterocycles. The minimum Gasteiger partial charge on any atom is -0.352 e. The Morgan fingerprint density at radius 3 is 2.48 bits per heavy atom. The van der Waals surface area contributed by atoms with Crippen LogP contribution < -0.4 is 10.6 Å². The molecule has 0 atom stereocenters. The molecule has 0 saturated heterocycles. The number of hydrogen-bond acceptors (Lipinski definition) is 3. The third-order valence-corrected chi connectivity index (χ3v) is 4.97. The number of benzene rings is 1. The van der Waals surface area contributed by atoms with Crippen molar-refractivity contribution in [2.24, 2.45) is 0 Å². The second-order valence-corrected chi connectivity index (χ2v) is 7.02. The maximum Gasteiger partial charge on any atom is 0.255 e. The van der Waals surface area contributed by atoms with Gasteiger partial charge in [0.1, 0.15) is 5.82 Å². The normalized spacial score (nSPS) is 14.8. The van der Waals surface area contributed by atoms with Gasteiger partial charge in [0.25, 0.3) is 5.91 Å². The molecule has 27 heavy (non-hydrogen) atoms. The van der Waals surface area contributed by atoms with E-state index in [4.69, 9.17) is 0 Å². The summed E-state index contributed by atoms with van der Waals surface area (Å²) in [4.78, 5) is 24.7. The number of rotatable bonds is 5. The monoisotopic (exact) mass is 372 g/mol. The van der Waals surface area contributed by atoms with Gasteiger partial charge in [-0.1, -0.05) is 19.3 Å². The first-order valence-corrected chi connectivity index (χ1v) is 9.35. The fraction of sp³-hybridized carbons (Fsp3) is 0.450. The number of hydrogen-bond donors (Lipinski definition) is 2. The average molecular weight is 372 g/mol. The zero-order chi connectivity index (χ0) is 19.4. The van der Waals surface area contributed by atoms with E-state index in [1.807, 2.05) is 0 Å². The molecule has 6 nitrogen and oxygen atoms in total. The maximum absolute atomic E-state index is 13.1. The maximum atomic E-state index is 13.1. The number of carbonyl (C=O) groups is 2. The lowest BCUT2D eigenvalue weighted by Crippen LogP contribution is -2.42. The van der Waals surface area contributed by atoms with Crippen LogP contribution in [-0.2, 0) is 4.79 Å². The lowest BCUT2D eigenvalue weighted by atomic mass is 9.95. The molecule has 7 heteroatoms. The van der Waals surface area contributed by atoms with Gasteiger partial charge in [-0.3, -0.25) is 9.59 Å². The first-order valence-electron chi connectivity index (χ1n) is 9.35. The van der Waals surface area contributed by atoms with E-state index in [0.29, 0.717) is 22.6 Å². The first kappa shape index (κ1) is 19.1. The van der Waals surface area contributed by atoms with Crippen molar-refractivity contribution in [2.75, 3.05) is 6.54 Å². The van der Waals surface area contributed by atoms with Crippen LogP contribution in [0.2, 0.25) is 0 Å². The van der Waals surface area contributed by atoms with Crippen LogP contribution in [0.3, 0.4) is 0 Å². The van der Waals surface area contributed by atoms with Crippen LogP contribution in [0.4, 0.5) is 4.39 Å². The van der Waals surface area contributed by atoms with Crippen molar-refractivity contribution in [1.29, 1.82) is 0 Å². The summed E-state index contributed by atoms with van der Waals surface area (Å²) < 4.78 is 14.7. The summed E-state index contributed by atoms with van der Waals surface area (Å²) in [5.74, 6) is -0.837. The van der Waals surface area contributed by atoms with Gasteiger partial charge in [0.2, 0.25) is 5.91 Å². The number of halogens is 1. The van der Waals surface area contributed by atoms with E-state index in [1.54, 1.807) is 30.7 Å². The Labute approximate surface area is 158 Å². The van der Waals surface area contributed by atoms with Gasteiger partial charge in [0.05, 0.1) is 29.2 Å². The van der Waals surface area contributed by atoms with Crippen LogP contribution in [0.5, 0.6) is 0 Å². The molecule has 1 saturated carbocycles. The molecule has 0 spiro atoms. The van der Waals surface area contributed by atoms with E-state index < -0.39 is 0 Å². The van der Waals surface area contributed by atoms with Crippen LogP contribution in [0.15, 0.2) is 24.3 Å². The lowest BCUT2D eigenvalue weighted by molar-refractivity contribution is -0.121. The summed E-state index contributed by atoms with van der Waals surface area (Å²) >= 11 is 0. The standard InChI is InChI=1S/C20H25FN4O2/c1-13-19(14(2)25(24-13)17-10-8-15(21)9-11-17)20(27)22-12-18(26)23-16-6-4-3-5-7-16/h8-11,16H,3-7,12H2,1-2H3,(H,22,27)(H,23,26). The summed E-state index contributed by atoms with van der Waals surface area (Å²) in [6, 6.07) is 6.12. The first-order chi connectivity index (χ1) is 13.0. The molecule has 2 N–H and O–H groups in total. The van der Waals surface area contributed by atoms with Gasteiger partial charge >= 0.3 is 0 Å². The van der Waals surface area contributed by atoms with Crippen molar-refractivity contribution in [2.45, 2.75) is 52.0 Å². The molecule has 0 bridgehead atoms. The Bertz CT molecular complexity index is 823. The molecule has 0 aliphatic heterocycles. The molecule has 2 aromatic rings. The van der Waals surface area contributed by atoms with Crippen molar-refractivity contribution >= 4 is 11.8 Å². The molecular weight excluding hydrogens is 347 g/mol. The zero-order valence-electron chi connectivity index (χ0n) is 15.7. The van der Waals surface area contributed by atoms with Gasteiger partial charge < -0.3 is 10.6 Å². The van der Waals surface area contributed by atoms with Crippen LogP contribution in [0.1, 0.15) is 53.8 Å². The summed E-state index contributed by atoms with van der Waals surface area (Å²) in [6.07, 6.45) is 5.50. The highest BCUT2D eigenvalue weighted by Gasteiger charge is 2.21. The molecule has 1 aromatic heterocycles. The number of nitrogens with zero attached hydrogens (tertiary/aromatic N) is 2. The van der Waals surface area contributed by atoms with Gasteiger partial charge in [-0.15, -0.1) is 0 Å². The number of carbonyl (C=O) groups excluding carboxylic acids is 2. The van der Waals surface area contributed by atoms with Gasteiger partial charge in [-0.05, 0) is 51.0 Å². The molecule has 144 valence electrons. The highest BCUT2D eigenvalue weighted by Crippen LogP contribution is 2.19. The predicted octanol–water partition coefficient (Wildman–Crippen LogP) is 2.81. The van der Waals surface area contributed by atoms with Crippen LogP contribution in [0, 0.1) is 19.7 Å². The smallest absolute Gasteiger partial charge is 0.255 e. The van der Waals surface area contributed by atoms with E-state index >= 15 is 0 Å². The third kappa shape index (κ3) is 4.53. The van der Waals surface area contributed by atoms with E-state index in [1.165, 1.54) is 18.6 Å². The number of amides is 2. The summed E-state index contributed by atoms with van der Waals surface area (Å²) in [6.45, 7) is 3.46. The van der Waals surface area contributed by atoms with Gasteiger partial charge in [0.15, 0.2) is 0 Å². The molecular formula is C20H25FN4O2. The fourth-order valence-corrected chi connectivity index (χ4v) is 3.58. The van der Waals surface area contributed by atoms with E-state index in [2.05, 4.69) is 15.7 Å². The highest BCUT2D eigenvalue weighted by atomic mass is 19.1. The minimum atomic E-state index is -0.336. The van der Waals surface area contributed by atoms with E-state index in [0.717, 1.165) is 25.7 Å².